The molecule has 1 aliphatic carbocycles. The molecule has 32 heavy (non-hydrogen) atoms. The molecule has 4 heteroatoms. The maximum absolute atomic E-state index is 13.3. The van der Waals surface area contributed by atoms with Gasteiger partial charge in [0.15, 0.2) is 0 Å². The number of carbonyl (C=O) groups excluding carboxylic acids is 2. The van der Waals surface area contributed by atoms with Crippen molar-refractivity contribution in [2.24, 2.45) is 0 Å². The van der Waals surface area contributed by atoms with Crippen LogP contribution in [0.1, 0.15) is 76.5 Å². The molecule has 0 spiro atoms. The van der Waals surface area contributed by atoms with Crippen molar-refractivity contribution in [3.05, 3.63) is 71.3 Å². The van der Waals surface area contributed by atoms with Gasteiger partial charge in [-0.3, -0.25) is 9.59 Å². The van der Waals surface area contributed by atoms with Crippen LogP contribution in [-0.2, 0) is 28.0 Å². The van der Waals surface area contributed by atoms with Gasteiger partial charge in [0, 0.05) is 19.0 Å². The summed E-state index contributed by atoms with van der Waals surface area (Å²) in [4.78, 5) is 28.0. The zero-order chi connectivity index (χ0) is 23.1. The number of amides is 2. The highest BCUT2D eigenvalue weighted by Gasteiger charge is 2.28. The monoisotopic (exact) mass is 434 g/mol. The van der Waals surface area contributed by atoms with Crippen LogP contribution >= 0.6 is 0 Å². The lowest BCUT2D eigenvalue weighted by atomic mass is 9.86. The molecule has 1 atom stereocenters. The summed E-state index contributed by atoms with van der Waals surface area (Å²) in [6.07, 6.45) is 5.47. The van der Waals surface area contributed by atoms with E-state index in [9.17, 15) is 9.59 Å². The molecule has 1 aliphatic rings. The lowest BCUT2D eigenvalue weighted by molar-refractivity contribution is -0.140. The highest BCUT2D eigenvalue weighted by molar-refractivity contribution is 5.87. The van der Waals surface area contributed by atoms with Crippen molar-refractivity contribution in [3.63, 3.8) is 0 Å². The third-order valence-electron chi connectivity index (χ3n) is 6.51. The van der Waals surface area contributed by atoms with Crippen LogP contribution in [-0.4, -0.2) is 28.8 Å². The number of benzene rings is 2. The first-order chi connectivity index (χ1) is 15.2. The van der Waals surface area contributed by atoms with Gasteiger partial charge in [0.25, 0.3) is 0 Å². The van der Waals surface area contributed by atoms with E-state index in [1.165, 1.54) is 18.4 Å². The van der Waals surface area contributed by atoms with Crippen LogP contribution in [0, 0.1) is 0 Å². The summed E-state index contributed by atoms with van der Waals surface area (Å²) in [5.41, 5.74) is 3.59. The predicted molar refractivity (Wildman–Crippen MR) is 130 cm³/mol. The summed E-state index contributed by atoms with van der Waals surface area (Å²) in [5.74, 6) is -0.0291. The minimum atomic E-state index is -0.494. The van der Waals surface area contributed by atoms with E-state index in [-0.39, 0.29) is 23.3 Å². The molecule has 0 bridgehead atoms. The van der Waals surface area contributed by atoms with Crippen molar-refractivity contribution < 1.29 is 9.59 Å². The topological polar surface area (TPSA) is 49.4 Å². The Bertz CT molecular complexity index is 878. The molecule has 2 amide bonds. The Morgan fingerprint density at radius 1 is 0.969 bits per heavy atom. The Hall–Kier alpha value is -2.62. The van der Waals surface area contributed by atoms with Crippen molar-refractivity contribution in [2.75, 3.05) is 0 Å². The Labute approximate surface area is 193 Å². The predicted octanol–water partition coefficient (Wildman–Crippen LogP) is 5.39. The fourth-order valence-corrected chi connectivity index (χ4v) is 4.32. The van der Waals surface area contributed by atoms with Gasteiger partial charge in [0.05, 0.1) is 0 Å². The van der Waals surface area contributed by atoms with Crippen molar-refractivity contribution in [3.8, 4) is 0 Å². The van der Waals surface area contributed by atoms with Crippen molar-refractivity contribution in [2.45, 2.75) is 90.3 Å². The third kappa shape index (κ3) is 6.69. The number of hydrogen-bond acceptors (Lipinski definition) is 2. The van der Waals surface area contributed by atoms with Crippen LogP contribution < -0.4 is 5.32 Å². The Morgan fingerprint density at radius 2 is 1.59 bits per heavy atom. The van der Waals surface area contributed by atoms with Crippen molar-refractivity contribution in [1.82, 2.24) is 10.2 Å². The van der Waals surface area contributed by atoms with Gasteiger partial charge in [-0.05, 0) is 48.3 Å². The maximum atomic E-state index is 13.3. The molecule has 1 fully saturated rings. The smallest absolute Gasteiger partial charge is 0.242 e. The second kappa shape index (κ2) is 10.8. The van der Waals surface area contributed by atoms with E-state index in [1.54, 1.807) is 4.90 Å². The molecule has 0 aliphatic heterocycles. The van der Waals surface area contributed by atoms with E-state index >= 15 is 0 Å². The third-order valence-corrected chi connectivity index (χ3v) is 6.51. The van der Waals surface area contributed by atoms with Gasteiger partial charge in [-0.1, -0.05) is 88.2 Å². The lowest BCUT2D eigenvalue weighted by Gasteiger charge is -2.30. The van der Waals surface area contributed by atoms with E-state index in [2.05, 4.69) is 50.4 Å². The first-order valence-corrected chi connectivity index (χ1v) is 12.0. The van der Waals surface area contributed by atoms with Gasteiger partial charge >= 0.3 is 0 Å². The highest BCUT2D eigenvalue weighted by atomic mass is 16.2. The Balaban J connectivity index is 1.67. The number of aryl methyl sites for hydroxylation is 1. The molecule has 0 radical (unpaired) electrons. The zero-order valence-electron chi connectivity index (χ0n) is 20.1. The van der Waals surface area contributed by atoms with Crippen molar-refractivity contribution >= 4 is 11.8 Å². The summed E-state index contributed by atoms with van der Waals surface area (Å²) in [6, 6.07) is 18.2. The van der Waals surface area contributed by atoms with Crippen LogP contribution in [0.25, 0.3) is 0 Å². The van der Waals surface area contributed by atoms with Gasteiger partial charge < -0.3 is 10.2 Å². The Morgan fingerprint density at radius 3 is 2.19 bits per heavy atom. The summed E-state index contributed by atoms with van der Waals surface area (Å²) in [6.45, 7) is 8.89. The van der Waals surface area contributed by atoms with Gasteiger partial charge in [-0.15, -0.1) is 0 Å². The van der Waals surface area contributed by atoms with Crippen LogP contribution in [0.2, 0.25) is 0 Å². The maximum Gasteiger partial charge on any atom is 0.242 e. The first-order valence-electron chi connectivity index (χ1n) is 12.0. The molecule has 2 aromatic carbocycles. The molecule has 1 unspecified atom stereocenters. The summed E-state index contributed by atoms with van der Waals surface area (Å²) in [7, 11) is 0. The van der Waals surface area contributed by atoms with E-state index in [4.69, 9.17) is 0 Å². The SMILES string of the molecule is CC(C(=O)NC1CCCC1)N(Cc1ccccc1)C(=O)CCc1ccc(C(C)(C)C)cc1. The molecule has 0 saturated heterocycles. The lowest BCUT2D eigenvalue weighted by Crippen LogP contribution is -2.49. The van der Waals surface area contributed by atoms with Crippen LogP contribution in [0.4, 0.5) is 0 Å². The van der Waals surface area contributed by atoms with Gasteiger partial charge in [0.2, 0.25) is 11.8 Å². The number of nitrogens with zero attached hydrogens (tertiary/aromatic N) is 1. The van der Waals surface area contributed by atoms with Gasteiger partial charge in [-0.25, -0.2) is 0 Å². The summed E-state index contributed by atoms with van der Waals surface area (Å²) < 4.78 is 0. The number of rotatable bonds is 8. The molecule has 0 aromatic heterocycles. The normalized spacial score (nSPS) is 15.4. The van der Waals surface area contributed by atoms with E-state index in [0.717, 1.165) is 24.0 Å². The molecule has 1 saturated carbocycles. The van der Waals surface area contributed by atoms with Crippen LogP contribution in [0.3, 0.4) is 0 Å². The molecule has 2 aromatic rings. The largest absolute Gasteiger partial charge is 0.352 e. The second-order valence-corrected chi connectivity index (χ2v) is 10.1. The molecule has 4 nitrogen and oxygen atoms in total. The second-order valence-electron chi connectivity index (χ2n) is 10.1. The van der Waals surface area contributed by atoms with Crippen molar-refractivity contribution in [1.29, 1.82) is 0 Å². The quantitative estimate of drug-likeness (QED) is 0.605. The minimum Gasteiger partial charge on any atom is -0.352 e. The van der Waals surface area contributed by atoms with E-state index in [0.29, 0.717) is 19.4 Å². The fraction of sp³-hybridized carbons (Fsp3) is 0.500. The number of hydrogen-bond donors (Lipinski definition) is 1. The van der Waals surface area contributed by atoms with Gasteiger partial charge in [-0.2, -0.15) is 0 Å². The average Bonchev–Trinajstić information content (AvgIpc) is 3.28. The first kappa shape index (κ1) is 24.0. The van der Waals surface area contributed by atoms with E-state index in [1.807, 2.05) is 37.3 Å². The number of nitrogens with one attached hydrogen (secondary N) is 1. The molecule has 1 N–H and O–H groups in total. The number of carbonyl (C=O) groups is 2. The summed E-state index contributed by atoms with van der Waals surface area (Å²) >= 11 is 0. The Kier molecular flexibility index (Phi) is 8.11. The molecule has 3 rings (SSSR count). The molecular weight excluding hydrogens is 396 g/mol. The van der Waals surface area contributed by atoms with Gasteiger partial charge in [0.1, 0.15) is 6.04 Å². The minimum absolute atomic E-state index is 0.0165. The fourth-order valence-electron chi connectivity index (χ4n) is 4.32. The molecular formula is C28H38N2O2. The summed E-state index contributed by atoms with van der Waals surface area (Å²) in [5, 5.41) is 3.16. The molecule has 0 heterocycles. The van der Waals surface area contributed by atoms with Crippen LogP contribution in [0.5, 0.6) is 0 Å². The zero-order valence-corrected chi connectivity index (χ0v) is 20.1. The standard InChI is InChI=1S/C28H38N2O2/c1-21(27(32)29-25-12-8-9-13-25)30(20-23-10-6-5-7-11-23)26(31)19-16-22-14-17-24(18-15-22)28(2,3)4/h5-7,10-11,14-15,17-18,21,25H,8-9,12-13,16,19-20H2,1-4H3,(H,29,32). The molecule has 172 valence electrons. The average molecular weight is 435 g/mol. The highest BCUT2D eigenvalue weighted by Crippen LogP contribution is 2.23. The van der Waals surface area contributed by atoms with Crippen LogP contribution in [0.15, 0.2) is 54.6 Å². The van der Waals surface area contributed by atoms with E-state index < -0.39 is 6.04 Å².